The highest BCUT2D eigenvalue weighted by molar-refractivity contribution is 6.31. The SMILES string of the molecule is O=C(CCC(=O)N1CCN2CCc3ccccc3C2C1)c1cccc(Cl)c1. The van der Waals surface area contributed by atoms with Gasteiger partial charge in [0.05, 0.1) is 6.04 Å². The Morgan fingerprint density at radius 2 is 1.85 bits per heavy atom. The molecule has 2 aliphatic rings. The van der Waals surface area contributed by atoms with Crippen molar-refractivity contribution >= 4 is 23.3 Å². The van der Waals surface area contributed by atoms with E-state index >= 15 is 0 Å². The van der Waals surface area contributed by atoms with Crippen LogP contribution in [-0.4, -0.2) is 47.7 Å². The van der Waals surface area contributed by atoms with Crippen LogP contribution >= 0.6 is 11.6 Å². The van der Waals surface area contributed by atoms with E-state index in [1.54, 1.807) is 24.3 Å². The van der Waals surface area contributed by atoms with Gasteiger partial charge in [0, 0.05) is 49.6 Å². The first-order valence-electron chi connectivity index (χ1n) is 9.50. The molecule has 2 aromatic carbocycles. The maximum atomic E-state index is 12.7. The normalized spacial score (nSPS) is 19.3. The summed E-state index contributed by atoms with van der Waals surface area (Å²) in [7, 11) is 0. The van der Waals surface area contributed by atoms with E-state index in [0.29, 0.717) is 17.1 Å². The zero-order valence-electron chi connectivity index (χ0n) is 15.2. The second-order valence-corrected chi connectivity index (χ2v) is 7.71. The van der Waals surface area contributed by atoms with E-state index in [2.05, 4.69) is 29.2 Å². The third kappa shape index (κ3) is 3.92. The number of hydrogen-bond acceptors (Lipinski definition) is 3. The minimum atomic E-state index is -0.0347. The summed E-state index contributed by atoms with van der Waals surface area (Å²) in [5.74, 6) is 0.0283. The summed E-state index contributed by atoms with van der Waals surface area (Å²) in [5, 5.41) is 0.541. The van der Waals surface area contributed by atoms with Gasteiger partial charge >= 0.3 is 0 Å². The molecular formula is C22H23ClN2O2. The van der Waals surface area contributed by atoms with E-state index in [4.69, 9.17) is 11.6 Å². The van der Waals surface area contributed by atoms with Crippen LogP contribution in [0, 0.1) is 0 Å². The Bertz CT molecular complexity index is 867. The number of ketones is 1. The summed E-state index contributed by atoms with van der Waals surface area (Å²) in [6, 6.07) is 15.7. The van der Waals surface area contributed by atoms with Crippen molar-refractivity contribution in [2.75, 3.05) is 26.2 Å². The van der Waals surface area contributed by atoms with E-state index in [1.807, 2.05) is 4.90 Å². The average molecular weight is 383 g/mol. The van der Waals surface area contributed by atoms with Gasteiger partial charge in [0.1, 0.15) is 0 Å². The van der Waals surface area contributed by atoms with Gasteiger partial charge < -0.3 is 4.90 Å². The summed E-state index contributed by atoms with van der Waals surface area (Å²) >= 11 is 5.95. The standard InChI is InChI=1S/C22H23ClN2O2/c23-18-6-3-5-17(14-18)21(26)8-9-22(27)25-13-12-24-11-10-16-4-1-2-7-19(16)20(24)15-25/h1-7,14,20H,8-13,15H2. The fraction of sp³-hybridized carbons (Fsp3) is 0.364. The van der Waals surface area contributed by atoms with Crippen LogP contribution in [0.4, 0.5) is 0 Å². The minimum Gasteiger partial charge on any atom is -0.339 e. The van der Waals surface area contributed by atoms with Crippen molar-refractivity contribution in [1.29, 1.82) is 0 Å². The highest BCUT2D eigenvalue weighted by atomic mass is 35.5. The summed E-state index contributed by atoms with van der Waals surface area (Å²) < 4.78 is 0. The molecule has 0 radical (unpaired) electrons. The van der Waals surface area contributed by atoms with Gasteiger partial charge in [-0.05, 0) is 29.7 Å². The first-order valence-corrected chi connectivity index (χ1v) is 9.88. The van der Waals surface area contributed by atoms with Crippen LogP contribution < -0.4 is 0 Å². The number of hydrogen-bond donors (Lipinski definition) is 0. The van der Waals surface area contributed by atoms with Crippen molar-refractivity contribution in [2.24, 2.45) is 0 Å². The summed E-state index contributed by atoms with van der Waals surface area (Å²) in [5.41, 5.74) is 3.31. The Labute approximate surface area is 164 Å². The molecular weight excluding hydrogens is 360 g/mol. The van der Waals surface area contributed by atoms with E-state index in [0.717, 1.165) is 26.1 Å². The summed E-state index contributed by atoms with van der Waals surface area (Å²) in [6.45, 7) is 3.40. The highest BCUT2D eigenvalue weighted by Gasteiger charge is 2.33. The number of nitrogens with zero attached hydrogens (tertiary/aromatic N) is 2. The van der Waals surface area contributed by atoms with Crippen molar-refractivity contribution in [3.8, 4) is 0 Å². The predicted octanol–water partition coefficient (Wildman–Crippen LogP) is 3.74. The molecule has 0 bridgehead atoms. The van der Waals surface area contributed by atoms with Gasteiger partial charge in [-0.1, -0.05) is 48.0 Å². The molecule has 4 nitrogen and oxygen atoms in total. The van der Waals surface area contributed by atoms with Crippen molar-refractivity contribution < 1.29 is 9.59 Å². The lowest BCUT2D eigenvalue weighted by molar-refractivity contribution is -0.134. The molecule has 0 spiro atoms. The third-order valence-electron chi connectivity index (χ3n) is 5.64. The fourth-order valence-electron chi connectivity index (χ4n) is 4.15. The van der Waals surface area contributed by atoms with Crippen LogP contribution in [0.1, 0.15) is 40.4 Å². The summed E-state index contributed by atoms with van der Waals surface area (Å²) in [6.07, 6.45) is 1.55. The van der Waals surface area contributed by atoms with Crippen molar-refractivity contribution in [1.82, 2.24) is 9.80 Å². The molecule has 4 rings (SSSR count). The van der Waals surface area contributed by atoms with Crippen LogP contribution in [0.3, 0.4) is 0 Å². The van der Waals surface area contributed by atoms with Crippen LogP contribution in [-0.2, 0) is 11.2 Å². The van der Waals surface area contributed by atoms with Gasteiger partial charge in [-0.15, -0.1) is 0 Å². The van der Waals surface area contributed by atoms with Crippen LogP contribution in [0.25, 0.3) is 0 Å². The van der Waals surface area contributed by atoms with Gasteiger partial charge in [0.2, 0.25) is 5.91 Å². The molecule has 2 heterocycles. The molecule has 1 atom stereocenters. The van der Waals surface area contributed by atoms with Gasteiger partial charge in [-0.25, -0.2) is 0 Å². The molecule has 1 unspecified atom stereocenters. The van der Waals surface area contributed by atoms with E-state index < -0.39 is 0 Å². The second-order valence-electron chi connectivity index (χ2n) is 7.27. The topological polar surface area (TPSA) is 40.6 Å². The molecule has 140 valence electrons. The fourth-order valence-corrected chi connectivity index (χ4v) is 4.34. The number of amides is 1. The number of Topliss-reactive ketones (excluding diaryl/α,β-unsaturated/α-hetero) is 1. The third-order valence-corrected chi connectivity index (χ3v) is 5.87. The quantitative estimate of drug-likeness (QED) is 0.756. The van der Waals surface area contributed by atoms with Gasteiger partial charge in [0.25, 0.3) is 0 Å². The Kier molecular flexibility index (Phi) is 5.28. The van der Waals surface area contributed by atoms with E-state index in [-0.39, 0.29) is 30.6 Å². The number of halogens is 1. The van der Waals surface area contributed by atoms with E-state index in [9.17, 15) is 9.59 Å². The molecule has 0 N–H and O–H groups in total. The van der Waals surface area contributed by atoms with Gasteiger partial charge in [0.15, 0.2) is 5.78 Å². The van der Waals surface area contributed by atoms with E-state index in [1.165, 1.54) is 11.1 Å². The zero-order chi connectivity index (χ0) is 18.8. The highest BCUT2D eigenvalue weighted by Crippen LogP contribution is 2.32. The second kappa shape index (κ2) is 7.83. The lowest BCUT2D eigenvalue weighted by atomic mass is 9.91. The van der Waals surface area contributed by atoms with Gasteiger partial charge in [-0.2, -0.15) is 0 Å². The van der Waals surface area contributed by atoms with Crippen LogP contribution in [0.5, 0.6) is 0 Å². The van der Waals surface area contributed by atoms with Crippen molar-refractivity contribution in [2.45, 2.75) is 25.3 Å². The molecule has 2 aromatic rings. The lowest BCUT2D eigenvalue weighted by Crippen LogP contribution is -2.52. The van der Waals surface area contributed by atoms with Crippen LogP contribution in [0.2, 0.25) is 5.02 Å². The summed E-state index contributed by atoms with van der Waals surface area (Å²) in [4.78, 5) is 29.5. The Morgan fingerprint density at radius 1 is 1.00 bits per heavy atom. The first kappa shape index (κ1) is 18.2. The molecule has 0 saturated carbocycles. The zero-order valence-corrected chi connectivity index (χ0v) is 16.0. The number of rotatable bonds is 4. The Hall–Kier alpha value is -2.17. The van der Waals surface area contributed by atoms with Crippen molar-refractivity contribution in [3.05, 3.63) is 70.2 Å². The molecule has 1 saturated heterocycles. The molecule has 0 aliphatic carbocycles. The molecule has 0 aromatic heterocycles. The monoisotopic (exact) mass is 382 g/mol. The van der Waals surface area contributed by atoms with Gasteiger partial charge in [-0.3, -0.25) is 14.5 Å². The van der Waals surface area contributed by atoms with Crippen LogP contribution in [0.15, 0.2) is 48.5 Å². The molecule has 5 heteroatoms. The Morgan fingerprint density at radius 3 is 2.70 bits per heavy atom. The number of carbonyl (C=O) groups is 2. The molecule has 1 fully saturated rings. The average Bonchev–Trinajstić information content (AvgIpc) is 2.71. The predicted molar refractivity (Wildman–Crippen MR) is 106 cm³/mol. The number of carbonyl (C=O) groups excluding carboxylic acids is 2. The lowest BCUT2D eigenvalue weighted by Gasteiger charge is -2.45. The molecule has 2 aliphatic heterocycles. The Balaban J connectivity index is 1.38. The maximum Gasteiger partial charge on any atom is 0.223 e. The minimum absolute atomic E-state index is 0.0347. The number of piperazine rings is 1. The van der Waals surface area contributed by atoms with Crippen molar-refractivity contribution in [3.63, 3.8) is 0 Å². The number of fused-ring (bicyclic) bond motifs is 3. The number of benzene rings is 2. The largest absolute Gasteiger partial charge is 0.339 e. The smallest absolute Gasteiger partial charge is 0.223 e. The first-order chi connectivity index (χ1) is 13.1. The molecule has 1 amide bonds. The maximum absolute atomic E-state index is 12.7. The molecule has 27 heavy (non-hydrogen) atoms.